The highest BCUT2D eigenvalue weighted by Crippen LogP contribution is 2.17. The van der Waals surface area contributed by atoms with Crippen LogP contribution in [0.15, 0.2) is 24.3 Å². The van der Waals surface area contributed by atoms with Crippen LogP contribution in [-0.4, -0.2) is 49.7 Å². The second-order valence-electron chi connectivity index (χ2n) is 5.36. The van der Waals surface area contributed by atoms with E-state index in [1.807, 2.05) is 20.8 Å². The first-order chi connectivity index (χ1) is 11.5. The van der Waals surface area contributed by atoms with Crippen LogP contribution in [-0.2, 0) is 14.3 Å². The molecule has 6 heteroatoms. The van der Waals surface area contributed by atoms with Crippen LogP contribution < -0.4 is 9.47 Å². The zero-order valence-corrected chi connectivity index (χ0v) is 14.9. The third kappa shape index (κ3) is 6.48. The van der Waals surface area contributed by atoms with Crippen molar-refractivity contribution in [3.63, 3.8) is 0 Å². The van der Waals surface area contributed by atoms with E-state index < -0.39 is 0 Å². The van der Waals surface area contributed by atoms with E-state index in [1.54, 1.807) is 29.2 Å². The maximum atomic E-state index is 12.4. The molecule has 1 rings (SSSR count). The van der Waals surface area contributed by atoms with Gasteiger partial charge in [0.2, 0.25) is 0 Å². The highest BCUT2D eigenvalue weighted by molar-refractivity contribution is 5.79. The molecule has 134 valence electrons. The van der Waals surface area contributed by atoms with E-state index in [9.17, 15) is 9.59 Å². The summed E-state index contributed by atoms with van der Waals surface area (Å²) in [6.45, 7) is 6.72. The lowest BCUT2D eigenvalue weighted by Gasteiger charge is -2.28. The average Bonchev–Trinajstić information content (AvgIpc) is 2.60. The number of carbonyl (C=O) groups excluding carboxylic acids is 2. The molecule has 0 bridgehead atoms. The lowest BCUT2D eigenvalue weighted by molar-refractivity contribution is -0.142. The number of benzene rings is 1. The van der Waals surface area contributed by atoms with Gasteiger partial charge in [-0.3, -0.25) is 9.59 Å². The molecule has 0 aliphatic heterocycles. The summed E-state index contributed by atoms with van der Waals surface area (Å²) in [5, 5.41) is 0. The number of amides is 1. The quantitative estimate of drug-likeness (QED) is 0.614. The summed E-state index contributed by atoms with van der Waals surface area (Å²) in [6.07, 6.45) is 0.978. The fourth-order valence-electron chi connectivity index (χ4n) is 2.15. The van der Waals surface area contributed by atoms with Gasteiger partial charge >= 0.3 is 5.97 Å². The van der Waals surface area contributed by atoms with Gasteiger partial charge in [0.25, 0.3) is 5.91 Å². The average molecular weight is 337 g/mol. The van der Waals surface area contributed by atoms with Gasteiger partial charge in [-0.1, -0.05) is 6.92 Å². The highest BCUT2D eigenvalue weighted by atomic mass is 16.5. The first kappa shape index (κ1) is 19.8. The molecule has 1 atom stereocenters. The predicted octanol–water partition coefficient (Wildman–Crippen LogP) is 2.65. The van der Waals surface area contributed by atoms with Gasteiger partial charge < -0.3 is 19.1 Å². The van der Waals surface area contributed by atoms with Gasteiger partial charge in [0, 0.05) is 12.6 Å². The fraction of sp³-hybridized carbons (Fsp3) is 0.556. The minimum atomic E-state index is -0.330. The predicted molar refractivity (Wildman–Crippen MR) is 91.2 cm³/mol. The van der Waals surface area contributed by atoms with E-state index in [0.717, 1.165) is 12.2 Å². The van der Waals surface area contributed by atoms with Crippen LogP contribution in [0.2, 0.25) is 0 Å². The molecular weight excluding hydrogens is 310 g/mol. The first-order valence-electron chi connectivity index (χ1n) is 8.23. The number of ether oxygens (including phenoxy) is 3. The maximum absolute atomic E-state index is 12.4. The van der Waals surface area contributed by atoms with Crippen molar-refractivity contribution in [2.75, 3.05) is 26.9 Å². The van der Waals surface area contributed by atoms with Crippen LogP contribution in [0.25, 0.3) is 0 Å². The standard InChI is InChI=1S/C18H27NO5/c1-5-14(3)19(12-11-18(21)22-4)17(20)13-24-16-9-7-15(8-10-16)23-6-2/h7-10,14H,5-6,11-13H2,1-4H3. The van der Waals surface area contributed by atoms with Crippen molar-refractivity contribution in [3.05, 3.63) is 24.3 Å². The van der Waals surface area contributed by atoms with Gasteiger partial charge in [0.15, 0.2) is 6.61 Å². The van der Waals surface area contributed by atoms with Crippen molar-refractivity contribution in [1.82, 2.24) is 4.90 Å². The molecule has 0 saturated heterocycles. The highest BCUT2D eigenvalue weighted by Gasteiger charge is 2.20. The summed E-state index contributed by atoms with van der Waals surface area (Å²) in [6, 6.07) is 7.16. The Morgan fingerprint density at radius 1 is 1.08 bits per heavy atom. The molecule has 0 heterocycles. The molecule has 24 heavy (non-hydrogen) atoms. The molecule has 0 aromatic heterocycles. The molecule has 0 N–H and O–H groups in total. The third-order valence-corrected chi connectivity index (χ3v) is 3.72. The largest absolute Gasteiger partial charge is 0.494 e. The Labute approximate surface area is 143 Å². The van der Waals surface area contributed by atoms with Gasteiger partial charge in [-0.25, -0.2) is 0 Å². The Bertz CT molecular complexity index is 515. The zero-order valence-electron chi connectivity index (χ0n) is 14.9. The van der Waals surface area contributed by atoms with E-state index in [4.69, 9.17) is 9.47 Å². The van der Waals surface area contributed by atoms with E-state index >= 15 is 0 Å². The summed E-state index contributed by atoms with van der Waals surface area (Å²) in [5.41, 5.74) is 0. The Hall–Kier alpha value is -2.24. The van der Waals surface area contributed by atoms with Crippen molar-refractivity contribution >= 4 is 11.9 Å². The van der Waals surface area contributed by atoms with E-state index in [0.29, 0.717) is 18.9 Å². The van der Waals surface area contributed by atoms with E-state index in [1.165, 1.54) is 7.11 Å². The second kappa shape index (κ2) is 10.5. The number of rotatable bonds is 10. The minimum absolute atomic E-state index is 0.0334. The van der Waals surface area contributed by atoms with Crippen LogP contribution in [0.5, 0.6) is 11.5 Å². The van der Waals surface area contributed by atoms with Crippen molar-refractivity contribution in [3.8, 4) is 11.5 Å². The fourth-order valence-corrected chi connectivity index (χ4v) is 2.15. The van der Waals surface area contributed by atoms with Gasteiger partial charge in [-0.2, -0.15) is 0 Å². The lowest BCUT2D eigenvalue weighted by atomic mass is 10.2. The van der Waals surface area contributed by atoms with Gasteiger partial charge in [-0.05, 0) is 44.5 Å². The summed E-state index contributed by atoms with van der Waals surface area (Å²) >= 11 is 0. The summed E-state index contributed by atoms with van der Waals surface area (Å²) in [5.74, 6) is 0.880. The molecule has 0 radical (unpaired) electrons. The maximum Gasteiger partial charge on any atom is 0.307 e. The molecule has 1 aromatic rings. The minimum Gasteiger partial charge on any atom is -0.494 e. The zero-order chi connectivity index (χ0) is 17.9. The van der Waals surface area contributed by atoms with E-state index in [-0.39, 0.29) is 30.9 Å². The van der Waals surface area contributed by atoms with Crippen LogP contribution in [0.1, 0.15) is 33.6 Å². The number of hydrogen-bond acceptors (Lipinski definition) is 5. The third-order valence-electron chi connectivity index (χ3n) is 3.72. The van der Waals surface area contributed by atoms with Crippen molar-refractivity contribution in [1.29, 1.82) is 0 Å². The molecule has 0 spiro atoms. The second-order valence-corrected chi connectivity index (χ2v) is 5.36. The molecular formula is C18H27NO5. The van der Waals surface area contributed by atoms with E-state index in [2.05, 4.69) is 4.74 Å². The van der Waals surface area contributed by atoms with Gasteiger partial charge in [0.1, 0.15) is 11.5 Å². The van der Waals surface area contributed by atoms with Crippen LogP contribution in [0.4, 0.5) is 0 Å². The summed E-state index contributed by atoms with van der Waals surface area (Å²) < 4.78 is 15.5. The molecule has 1 unspecified atom stereocenters. The molecule has 1 amide bonds. The number of hydrogen-bond donors (Lipinski definition) is 0. The molecule has 0 aliphatic rings. The smallest absolute Gasteiger partial charge is 0.307 e. The van der Waals surface area contributed by atoms with Crippen molar-refractivity contribution < 1.29 is 23.8 Å². The van der Waals surface area contributed by atoms with Gasteiger partial charge in [0.05, 0.1) is 20.1 Å². The van der Waals surface area contributed by atoms with Crippen LogP contribution in [0, 0.1) is 0 Å². The van der Waals surface area contributed by atoms with Crippen LogP contribution in [0.3, 0.4) is 0 Å². The molecule has 6 nitrogen and oxygen atoms in total. The number of esters is 1. The SMILES string of the molecule is CCOc1ccc(OCC(=O)N(CCC(=O)OC)C(C)CC)cc1. The topological polar surface area (TPSA) is 65.1 Å². The molecule has 1 aromatic carbocycles. The lowest BCUT2D eigenvalue weighted by Crippen LogP contribution is -2.42. The monoisotopic (exact) mass is 337 g/mol. The van der Waals surface area contributed by atoms with Crippen LogP contribution >= 0.6 is 0 Å². The summed E-state index contributed by atoms with van der Waals surface area (Å²) in [7, 11) is 1.34. The Kier molecular flexibility index (Phi) is 8.68. The molecule has 0 saturated carbocycles. The first-order valence-corrected chi connectivity index (χ1v) is 8.23. The Morgan fingerprint density at radius 2 is 1.67 bits per heavy atom. The number of methoxy groups -OCH3 is 1. The molecule has 0 aliphatic carbocycles. The Morgan fingerprint density at radius 3 is 2.17 bits per heavy atom. The number of nitrogens with zero attached hydrogens (tertiary/aromatic N) is 1. The summed E-state index contributed by atoms with van der Waals surface area (Å²) in [4.78, 5) is 25.4. The molecule has 0 fully saturated rings. The number of carbonyl (C=O) groups is 2. The van der Waals surface area contributed by atoms with Crippen molar-refractivity contribution in [2.45, 2.75) is 39.7 Å². The van der Waals surface area contributed by atoms with Gasteiger partial charge in [-0.15, -0.1) is 0 Å². The normalized spacial score (nSPS) is 11.5. The van der Waals surface area contributed by atoms with Crippen molar-refractivity contribution in [2.24, 2.45) is 0 Å². The Balaban J connectivity index is 2.58.